The van der Waals surface area contributed by atoms with E-state index in [9.17, 15) is 4.79 Å². The maximum absolute atomic E-state index is 11.4. The molecule has 0 radical (unpaired) electrons. The van der Waals surface area contributed by atoms with Gasteiger partial charge in [-0.2, -0.15) is 0 Å². The van der Waals surface area contributed by atoms with Gasteiger partial charge in [-0.15, -0.1) is 0 Å². The molecule has 0 aliphatic carbocycles. The van der Waals surface area contributed by atoms with Gasteiger partial charge >= 0.3 is 0 Å². The number of benzene rings is 1. The number of anilines is 1. The van der Waals surface area contributed by atoms with E-state index in [1.54, 1.807) is 0 Å². The van der Waals surface area contributed by atoms with Crippen molar-refractivity contribution < 1.29 is 0 Å². The number of aromatic nitrogens is 2. The maximum atomic E-state index is 11.4. The van der Waals surface area contributed by atoms with E-state index in [-0.39, 0.29) is 17.4 Å². The van der Waals surface area contributed by atoms with Gasteiger partial charge in [0.1, 0.15) is 5.82 Å². The third-order valence-electron chi connectivity index (χ3n) is 2.90. The molecule has 1 aromatic heterocycles. The fourth-order valence-electron chi connectivity index (χ4n) is 1.95. The van der Waals surface area contributed by atoms with Crippen LogP contribution in [0.3, 0.4) is 0 Å². The van der Waals surface area contributed by atoms with Gasteiger partial charge in [-0.3, -0.25) is 4.79 Å². The van der Waals surface area contributed by atoms with Crippen LogP contribution in [0.5, 0.6) is 0 Å². The lowest BCUT2D eigenvalue weighted by atomic mass is 10.1. The second kappa shape index (κ2) is 7.11. The Morgan fingerprint density at radius 2 is 2.24 bits per heavy atom. The van der Waals surface area contributed by atoms with Gasteiger partial charge in [-0.05, 0) is 31.2 Å². The highest BCUT2D eigenvalue weighted by Crippen LogP contribution is 2.31. The van der Waals surface area contributed by atoms with Gasteiger partial charge in [-0.25, -0.2) is 4.98 Å². The van der Waals surface area contributed by atoms with E-state index in [0.717, 1.165) is 15.9 Å². The Kier molecular flexibility index (Phi) is 5.44. The van der Waals surface area contributed by atoms with Crippen LogP contribution in [0.1, 0.15) is 25.5 Å². The molecule has 0 bridgehead atoms. The van der Waals surface area contributed by atoms with E-state index in [0.29, 0.717) is 5.16 Å². The number of nitrogens with one attached hydrogen (secondary N) is 2. The molecule has 2 aromatic rings. The molecule has 1 atom stereocenters. The molecule has 4 N–H and O–H groups in total. The minimum Gasteiger partial charge on any atom is -0.383 e. The Morgan fingerprint density at radius 1 is 1.48 bits per heavy atom. The molecule has 0 aliphatic rings. The third-order valence-corrected chi connectivity index (χ3v) is 4.47. The van der Waals surface area contributed by atoms with Crippen LogP contribution in [-0.4, -0.2) is 16.5 Å². The average Bonchev–Trinajstić information content (AvgIpc) is 2.37. The van der Waals surface area contributed by atoms with E-state index in [1.165, 1.54) is 23.4 Å². The number of hydrogen-bond acceptors (Lipinski definition) is 5. The highest BCUT2D eigenvalue weighted by atomic mass is 79.9. The molecule has 5 nitrogen and oxygen atoms in total. The minimum atomic E-state index is -0.249. The fourth-order valence-corrected chi connectivity index (χ4v) is 3.66. The van der Waals surface area contributed by atoms with Crippen molar-refractivity contribution in [1.82, 2.24) is 15.3 Å². The van der Waals surface area contributed by atoms with Crippen molar-refractivity contribution in [2.45, 2.75) is 29.9 Å². The quantitative estimate of drug-likeness (QED) is 0.706. The van der Waals surface area contributed by atoms with Crippen LogP contribution in [0.15, 0.2) is 43.6 Å². The molecule has 0 saturated heterocycles. The zero-order valence-corrected chi connectivity index (χ0v) is 14.2. The first-order valence-corrected chi connectivity index (χ1v) is 8.18. The molecule has 7 heteroatoms. The number of halogens is 1. The second-order valence-corrected chi connectivity index (χ2v) is 6.46. The van der Waals surface area contributed by atoms with Crippen LogP contribution in [0.2, 0.25) is 0 Å². The lowest BCUT2D eigenvalue weighted by Gasteiger charge is -2.15. The molecule has 21 heavy (non-hydrogen) atoms. The second-order valence-electron chi connectivity index (χ2n) is 4.54. The monoisotopic (exact) mass is 368 g/mol. The lowest BCUT2D eigenvalue weighted by Crippen LogP contribution is -2.18. The van der Waals surface area contributed by atoms with Crippen LogP contribution >= 0.6 is 27.7 Å². The molecule has 1 heterocycles. The van der Waals surface area contributed by atoms with Crippen LogP contribution in [0.4, 0.5) is 5.82 Å². The Balaban J connectivity index is 2.22. The summed E-state index contributed by atoms with van der Waals surface area (Å²) in [5.74, 6) is 0.220. The Bertz CT molecular complexity index is 689. The number of nitrogens with zero attached hydrogens (tertiary/aromatic N) is 1. The molecule has 1 unspecified atom stereocenters. The maximum Gasteiger partial charge on any atom is 0.253 e. The van der Waals surface area contributed by atoms with Crippen LogP contribution in [0, 0.1) is 0 Å². The summed E-state index contributed by atoms with van der Waals surface area (Å²) in [6, 6.07) is 7.61. The molecule has 0 fully saturated rings. The normalized spacial score (nSPS) is 12.3. The van der Waals surface area contributed by atoms with Crippen molar-refractivity contribution in [2.24, 2.45) is 0 Å². The largest absolute Gasteiger partial charge is 0.383 e. The summed E-state index contributed by atoms with van der Waals surface area (Å²) in [7, 11) is 0. The molecule has 1 aromatic carbocycles. The average molecular weight is 369 g/mol. The molecule has 0 amide bonds. The van der Waals surface area contributed by atoms with Gasteiger partial charge in [-0.1, -0.05) is 40.7 Å². The van der Waals surface area contributed by atoms with Crippen molar-refractivity contribution in [3.63, 3.8) is 0 Å². The molecular formula is C14H17BrN4OS. The standard InChI is InChI=1S/C14H17BrN4OS/c1-3-17-8(2)10-5-4-9(6-11(10)15)21-14-18-12(16)7-13(20)19-14/h4-8,17H,3H2,1-2H3,(H3,16,18,19,20). The van der Waals surface area contributed by atoms with E-state index < -0.39 is 0 Å². The van der Waals surface area contributed by atoms with Gasteiger partial charge in [0.25, 0.3) is 5.56 Å². The summed E-state index contributed by atoms with van der Waals surface area (Å²) in [5.41, 5.74) is 6.52. The summed E-state index contributed by atoms with van der Waals surface area (Å²) >= 11 is 4.96. The summed E-state index contributed by atoms with van der Waals surface area (Å²) in [4.78, 5) is 19.1. The number of nitrogens with two attached hydrogens (primary N) is 1. The van der Waals surface area contributed by atoms with Gasteiger partial charge in [0.2, 0.25) is 0 Å². The Morgan fingerprint density at radius 3 is 2.86 bits per heavy atom. The Labute approximate surface area is 135 Å². The number of rotatable bonds is 5. The van der Waals surface area contributed by atoms with Crippen LogP contribution < -0.4 is 16.6 Å². The first-order valence-electron chi connectivity index (χ1n) is 6.57. The predicted octanol–water partition coefficient (Wildman–Crippen LogP) is 2.94. The first-order chi connectivity index (χ1) is 9.99. The summed E-state index contributed by atoms with van der Waals surface area (Å²) in [6.45, 7) is 5.11. The first kappa shape index (κ1) is 16.1. The summed E-state index contributed by atoms with van der Waals surface area (Å²) < 4.78 is 1.02. The number of nitrogen functional groups attached to an aromatic ring is 1. The molecular weight excluding hydrogens is 352 g/mol. The topological polar surface area (TPSA) is 83.8 Å². The molecule has 0 spiro atoms. The molecule has 0 aliphatic heterocycles. The van der Waals surface area contributed by atoms with E-state index in [1.807, 2.05) is 12.1 Å². The predicted molar refractivity (Wildman–Crippen MR) is 89.6 cm³/mol. The molecule has 112 valence electrons. The molecule has 0 saturated carbocycles. The zero-order chi connectivity index (χ0) is 15.4. The minimum absolute atomic E-state index is 0.220. The van der Waals surface area contributed by atoms with Gasteiger partial charge in [0.15, 0.2) is 5.16 Å². The van der Waals surface area contributed by atoms with Crippen molar-refractivity contribution in [2.75, 3.05) is 12.3 Å². The number of H-pyrrole nitrogens is 1. The van der Waals surface area contributed by atoms with Crippen LogP contribution in [-0.2, 0) is 0 Å². The van der Waals surface area contributed by atoms with Crippen LogP contribution in [0.25, 0.3) is 0 Å². The van der Waals surface area contributed by atoms with Crippen molar-refractivity contribution in [1.29, 1.82) is 0 Å². The SMILES string of the molecule is CCNC(C)c1ccc(Sc2nc(N)cc(=O)[nH]2)cc1Br. The zero-order valence-electron chi connectivity index (χ0n) is 11.8. The van der Waals surface area contributed by atoms with E-state index >= 15 is 0 Å². The summed E-state index contributed by atoms with van der Waals surface area (Å²) in [6.07, 6.45) is 0. The molecule has 2 rings (SSSR count). The third kappa shape index (κ3) is 4.33. The smallest absolute Gasteiger partial charge is 0.253 e. The number of aromatic amines is 1. The number of hydrogen-bond donors (Lipinski definition) is 3. The summed E-state index contributed by atoms with van der Waals surface area (Å²) in [5, 5.41) is 3.86. The van der Waals surface area contributed by atoms with E-state index in [4.69, 9.17) is 5.73 Å². The van der Waals surface area contributed by atoms with Crippen molar-refractivity contribution >= 4 is 33.5 Å². The van der Waals surface area contributed by atoms with Gasteiger partial charge in [0, 0.05) is 21.5 Å². The van der Waals surface area contributed by atoms with Crippen molar-refractivity contribution in [3.8, 4) is 0 Å². The van der Waals surface area contributed by atoms with Crippen molar-refractivity contribution in [3.05, 3.63) is 44.7 Å². The fraction of sp³-hybridized carbons (Fsp3) is 0.286. The van der Waals surface area contributed by atoms with E-state index in [2.05, 4.69) is 51.1 Å². The van der Waals surface area contributed by atoms with Gasteiger partial charge < -0.3 is 16.0 Å². The lowest BCUT2D eigenvalue weighted by molar-refractivity contribution is 0.595. The Hall–Kier alpha value is -1.31. The highest BCUT2D eigenvalue weighted by Gasteiger charge is 2.10. The highest BCUT2D eigenvalue weighted by molar-refractivity contribution is 9.10. The van der Waals surface area contributed by atoms with Gasteiger partial charge in [0.05, 0.1) is 0 Å².